The van der Waals surface area contributed by atoms with E-state index in [2.05, 4.69) is 19.2 Å². The molecule has 1 atom stereocenters. The monoisotopic (exact) mass is 280 g/mol. The van der Waals surface area contributed by atoms with Crippen molar-refractivity contribution in [3.05, 3.63) is 0 Å². The second-order valence-electron chi connectivity index (χ2n) is 7.89. The van der Waals surface area contributed by atoms with Gasteiger partial charge in [0.2, 0.25) is 11.8 Å². The molecule has 1 aliphatic carbocycles. The van der Waals surface area contributed by atoms with E-state index in [9.17, 15) is 9.59 Å². The Morgan fingerprint density at radius 1 is 1.30 bits per heavy atom. The predicted octanol–water partition coefficient (Wildman–Crippen LogP) is 2.19. The van der Waals surface area contributed by atoms with Crippen LogP contribution in [0.25, 0.3) is 0 Å². The number of carbonyl (C=O) groups excluding carboxylic acids is 2. The number of amides is 2. The average molecular weight is 280 g/mol. The minimum absolute atomic E-state index is 0.00447. The molecule has 4 heteroatoms. The quantitative estimate of drug-likeness (QED) is 0.861. The second-order valence-corrected chi connectivity index (χ2v) is 7.89. The van der Waals surface area contributed by atoms with Crippen molar-refractivity contribution in [1.29, 1.82) is 0 Å². The molecule has 2 rings (SSSR count). The van der Waals surface area contributed by atoms with Crippen molar-refractivity contribution in [3.8, 4) is 0 Å². The van der Waals surface area contributed by atoms with Gasteiger partial charge in [0.15, 0.2) is 0 Å². The summed E-state index contributed by atoms with van der Waals surface area (Å²) in [6, 6.07) is -0.402. The maximum Gasteiger partial charge on any atom is 0.245 e. The smallest absolute Gasteiger partial charge is 0.245 e. The summed E-state index contributed by atoms with van der Waals surface area (Å²) in [6.45, 7) is 11.9. The van der Waals surface area contributed by atoms with Gasteiger partial charge in [-0.1, -0.05) is 34.6 Å². The summed E-state index contributed by atoms with van der Waals surface area (Å²) in [7, 11) is 0. The number of hydrogen-bond acceptors (Lipinski definition) is 2. The van der Waals surface area contributed by atoms with Crippen molar-refractivity contribution in [2.75, 3.05) is 13.1 Å². The molecule has 0 aromatic heterocycles. The SMILES string of the molecule is CC(C)C1(CN2CCC(=O)NC(C(C)(C)C)C2=O)CC1. The van der Waals surface area contributed by atoms with Crippen molar-refractivity contribution < 1.29 is 9.59 Å². The Labute approximate surface area is 122 Å². The lowest BCUT2D eigenvalue weighted by molar-refractivity contribution is -0.137. The van der Waals surface area contributed by atoms with E-state index in [4.69, 9.17) is 0 Å². The van der Waals surface area contributed by atoms with Crippen LogP contribution in [0.4, 0.5) is 0 Å². The fourth-order valence-corrected chi connectivity index (χ4v) is 3.03. The first kappa shape index (κ1) is 15.3. The topological polar surface area (TPSA) is 49.4 Å². The van der Waals surface area contributed by atoms with Crippen molar-refractivity contribution in [1.82, 2.24) is 10.2 Å². The third-order valence-electron chi connectivity index (χ3n) is 4.96. The first-order valence-electron chi connectivity index (χ1n) is 7.74. The molecule has 2 fully saturated rings. The lowest BCUT2D eigenvalue weighted by atomic mass is 9.85. The molecular formula is C16H28N2O2. The van der Waals surface area contributed by atoms with Crippen LogP contribution in [0.5, 0.6) is 0 Å². The molecule has 1 saturated carbocycles. The molecule has 1 aliphatic heterocycles. The molecule has 1 unspecified atom stereocenters. The van der Waals surface area contributed by atoms with Gasteiger partial charge >= 0.3 is 0 Å². The van der Waals surface area contributed by atoms with Crippen LogP contribution in [-0.4, -0.2) is 35.8 Å². The van der Waals surface area contributed by atoms with Crippen molar-refractivity contribution in [2.24, 2.45) is 16.7 Å². The minimum Gasteiger partial charge on any atom is -0.344 e. The summed E-state index contributed by atoms with van der Waals surface area (Å²) in [5.74, 6) is 0.681. The van der Waals surface area contributed by atoms with E-state index in [1.54, 1.807) is 0 Å². The summed E-state index contributed by atoms with van der Waals surface area (Å²) in [5, 5.41) is 2.90. The van der Waals surface area contributed by atoms with Gasteiger partial charge in [-0.3, -0.25) is 9.59 Å². The van der Waals surface area contributed by atoms with E-state index in [0.717, 1.165) is 6.54 Å². The standard InChI is InChI=1S/C16H28N2O2/c1-11(2)16(7-8-16)10-18-9-6-12(19)17-13(14(18)20)15(3,4)5/h11,13H,6-10H2,1-5H3,(H,17,19). The van der Waals surface area contributed by atoms with Crippen molar-refractivity contribution in [3.63, 3.8) is 0 Å². The molecular weight excluding hydrogens is 252 g/mol. The molecule has 0 bridgehead atoms. The van der Waals surface area contributed by atoms with E-state index in [1.807, 2.05) is 25.7 Å². The van der Waals surface area contributed by atoms with Gasteiger partial charge in [0, 0.05) is 19.5 Å². The largest absolute Gasteiger partial charge is 0.344 e. The molecule has 2 amide bonds. The molecule has 0 spiro atoms. The molecule has 114 valence electrons. The number of hydrogen-bond donors (Lipinski definition) is 1. The summed E-state index contributed by atoms with van der Waals surface area (Å²) in [4.78, 5) is 26.6. The molecule has 1 saturated heterocycles. The molecule has 2 aliphatic rings. The molecule has 0 aromatic carbocycles. The normalized spacial score (nSPS) is 26.5. The molecule has 0 aromatic rings. The predicted molar refractivity (Wildman–Crippen MR) is 79.1 cm³/mol. The zero-order valence-electron chi connectivity index (χ0n) is 13.5. The third kappa shape index (κ3) is 2.99. The Balaban J connectivity index is 2.16. The van der Waals surface area contributed by atoms with E-state index in [-0.39, 0.29) is 17.2 Å². The molecule has 1 heterocycles. The van der Waals surface area contributed by atoms with Gasteiger partial charge in [-0.15, -0.1) is 0 Å². The molecule has 1 N–H and O–H groups in total. The highest BCUT2D eigenvalue weighted by atomic mass is 16.2. The van der Waals surface area contributed by atoms with E-state index < -0.39 is 6.04 Å². The Morgan fingerprint density at radius 2 is 1.90 bits per heavy atom. The van der Waals surface area contributed by atoms with E-state index in [1.165, 1.54) is 12.8 Å². The van der Waals surface area contributed by atoms with Gasteiger partial charge in [0.25, 0.3) is 0 Å². The molecule has 0 radical (unpaired) electrons. The Hall–Kier alpha value is -1.06. The van der Waals surface area contributed by atoms with Crippen LogP contribution in [0.3, 0.4) is 0 Å². The van der Waals surface area contributed by atoms with Crippen LogP contribution in [0.15, 0.2) is 0 Å². The first-order valence-corrected chi connectivity index (χ1v) is 7.74. The summed E-state index contributed by atoms with van der Waals surface area (Å²) in [5.41, 5.74) is 0.0510. The number of nitrogens with zero attached hydrogens (tertiary/aromatic N) is 1. The molecule has 20 heavy (non-hydrogen) atoms. The van der Waals surface area contributed by atoms with Crippen LogP contribution in [0.2, 0.25) is 0 Å². The van der Waals surface area contributed by atoms with Gasteiger partial charge < -0.3 is 10.2 Å². The zero-order valence-corrected chi connectivity index (χ0v) is 13.5. The molecule has 4 nitrogen and oxygen atoms in total. The van der Waals surface area contributed by atoms with Crippen LogP contribution in [0, 0.1) is 16.7 Å². The zero-order chi connectivity index (χ0) is 15.1. The Bertz CT molecular complexity index is 405. The minimum atomic E-state index is -0.402. The van der Waals surface area contributed by atoms with Crippen molar-refractivity contribution in [2.45, 2.75) is 59.9 Å². The van der Waals surface area contributed by atoms with Gasteiger partial charge in [0.05, 0.1) is 0 Å². The lowest BCUT2D eigenvalue weighted by Crippen LogP contribution is -2.52. The Kier molecular flexibility index (Phi) is 3.87. The average Bonchev–Trinajstić information content (AvgIpc) is 3.10. The highest BCUT2D eigenvalue weighted by molar-refractivity contribution is 5.90. The summed E-state index contributed by atoms with van der Waals surface area (Å²) in [6.07, 6.45) is 2.83. The van der Waals surface area contributed by atoms with Crippen LogP contribution in [0.1, 0.15) is 53.9 Å². The fraction of sp³-hybridized carbons (Fsp3) is 0.875. The first-order chi connectivity index (χ1) is 9.16. The maximum atomic E-state index is 12.8. The Morgan fingerprint density at radius 3 is 2.35 bits per heavy atom. The van der Waals surface area contributed by atoms with Crippen LogP contribution < -0.4 is 5.32 Å². The second kappa shape index (κ2) is 5.05. The van der Waals surface area contributed by atoms with E-state index >= 15 is 0 Å². The van der Waals surface area contributed by atoms with Gasteiger partial charge in [-0.25, -0.2) is 0 Å². The highest BCUT2D eigenvalue weighted by Gasteiger charge is 2.48. The van der Waals surface area contributed by atoms with Crippen LogP contribution in [-0.2, 0) is 9.59 Å². The lowest BCUT2D eigenvalue weighted by Gasteiger charge is -2.34. The summed E-state index contributed by atoms with van der Waals surface area (Å²) >= 11 is 0. The van der Waals surface area contributed by atoms with E-state index in [0.29, 0.717) is 24.3 Å². The van der Waals surface area contributed by atoms with Gasteiger partial charge in [0.1, 0.15) is 6.04 Å². The van der Waals surface area contributed by atoms with Crippen molar-refractivity contribution >= 4 is 11.8 Å². The van der Waals surface area contributed by atoms with Crippen LogP contribution >= 0.6 is 0 Å². The van der Waals surface area contributed by atoms with Gasteiger partial charge in [-0.05, 0) is 29.6 Å². The summed E-state index contributed by atoms with van der Waals surface area (Å²) < 4.78 is 0. The highest BCUT2D eigenvalue weighted by Crippen LogP contribution is 2.52. The fourth-order valence-electron chi connectivity index (χ4n) is 3.03. The number of carbonyl (C=O) groups is 2. The number of rotatable bonds is 3. The maximum absolute atomic E-state index is 12.8. The third-order valence-corrected chi connectivity index (χ3v) is 4.96. The van der Waals surface area contributed by atoms with Gasteiger partial charge in [-0.2, -0.15) is 0 Å². The number of nitrogens with one attached hydrogen (secondary N) is 1.